The number of hydrogen-bond acceptors (Lipinski definition) is 3. The van der Waals surface area contributed by atoms with Gasteiger partial charge in [-0.1, -0.05) is 0 Å². The summed E-state index contributed by atoms with van der Waals surface area (Å²) in [5.41, 5.74) is 2.42. The summed E-state index contributed by atoms with van der Waals surface area (Å²) >= 11 is 2.08. The van der Waals surface area contributed by atoms with E-state index in [0.29, 0.717) is 0 Å². The van der Waals surface area contributed by atoms with Crippen molar-refractivity contribution in [2.45, 2.75) is 6.92 Å². The van der Waals surface area contributed by atoms with E-state index < -0.39 is 0 Å². The summed E-state index contributed by atoms with van der Waals surface area (Å²) in [5, 5.41) is 5.47. The summed E-state index contributed by atoms with van der Waals surface area (Å²) in [5.74, 6) is 0. The molecule has 0 aliphatic carbocycles. The van der Waals surface area contributed by atoms with E-state index in [2.05, 4.69) is 34.3 Å². The molecule has 0 aliphatic heterocycles. The molecular weight excluding hydrogens is 247 g/mol. The second kappa shape index (κ2) is 2.64. The maximum atomic E-state index is 4.19. The first-order chi connectivity index (χ1) is 6.34. The van der Waals surface area contributed by atoms with Crippen molar-refractivity contribution in [3.8, 4) is 0 Å². The predicted molar refractivity (Wildman–Crippen MR) is 56.6 cm³/mol. The van der Waals surface area contributed by atoms with Crippen LogP contribution in [0.2, 0.25) is 0 Å². The Morgan fingerprint density at radius 1 is 1.38 bits per heavy atom. The predicted octanol–water partition coefficient (Wildman–Crippen LogP) is 2.21. The van der Waals surface area contributed by atoms with Crippen LogP contribution in [-0.2, 0) is 0 Å². The van der Waals surface area contributed by atoms with Crippen LogP contribution in [0.5, 0.6) is 0 Å². The van der Waals surface area contributed by atoms with Crippen LogP contribution in [0.15, 0.2) is 18.2 Å². The molecule has 0 bridgehead atoms. The Morgan fingerprint density at radius 3 is 3.23 bits per heavy atom. The monoisotopic (exact) mass is 254 g/mol. The van der Waals surface area contributed by atoms with Gasteiger partial charge in [0.1, 0.15) is 0 Å². The van der Waals surface area contributed by atoms with Crippen LogP contribution in [0.25, 0.3) is 19.2 Å². The SMILES string of the molecule is Cc1ccc2sc3[se]nnc3c2c1. The van der Waals surface area contributed by atoms with Crippen LogP contribution in [0.4, 0.5) is 0 Å². The van der Waals surface area contributed by atoms with Crippen LogP contribution in [-0.4, -0.2) is 23.9 Å². The molecule has 0 radical (unpaired) electrons. The molecule has 0 saturated carbocycles. The van der Waals surface area contributed by atoms with Crippen molar-refractivity contribution < 1.29 is 0 Å². The number of nitrogens with zero attached hydrogens (tertiary/aromatic N) is 2. The number of thiophene rings is 1. The molecule has 64 valence electrons. The molecule has 0 aliphatic rings. The Morgan fingerprint density at radius 2 is 2.31 bits per heavy atom. The van der Waals surface area contributed by atoms with Gasteiger partial charge in [0, 0.05) is 0 Å². The molecule has 2 heterocycles. The summed E-state index contributed by atoms with van der Waals surface area (Å²) in [6, 6.07) is 6.53. The second-order valence-electron chi connectivity index (χ2n) is 3.01. The van der Waals surface area contributed by atoms with Crippen molar-refractivity contribution in [2.24, 2.45) is 0 Å². The number of benzene rings is 1. The van der Waals surface area contributed by atoms with Gasteiger partial charge in [0.05, 0.1) is 0 Å². The molecule has 0 atom stereocenters. The molecule has 0 spiro atoms. The van der Waals surface area contributed by atoms with Crippen molar-refractivity contribution in [1.82, 2.24) is 9.19 Å². The average molecular weight is 253 g/mol. The zero-order chi connectivity index (χ0) is 8.84. The molecule has 2 aromatic heterocycles. The van der Waals surface area contributed by atoms with Crippen molar-refractivity contribution in [1.29, 1.82) is 0 Å². The molecular formula is C9H6N2SSe. The van der Waals surface area contributed by atoms with Crippen molar-refractivity contribution in [3.05, 3.63) is 23.8 Å². The summed E-state index contributed by atoms with van der Waals surface area (Å²) < 4.78 is 6.80. The van der Waals surface area contributed by atoms with Gasteiger partial charge in [0.25, 0.3) is 0 Å². The van der Waals surface area contributed by atoms with Crippen LogP contribution in [0.3, 0.4) is 0 Å². The van der Waals surface area contributed by atoms with Crippen molar-refractivity contribution in [2.75, 3.05) is 0 Å². The van der Waals surface area contributed by atoms with Gasteiger partial charge >= 0.3 is 85.1 Å². The molecule has 3 rings (SSSR count). The third-order valence-electron chi connectivity index (χ3n) is 2.05. The number of fused-ring (bicyclic) bond motifs is 3. The van der Waals surface area contributed by atoms with Gasteiger partial charge in [-0.15, -0.1) is 0 Å². The number of rotatable bonds is 0. The summed E-state index contributed by atoms with van der Waals surface area (Å²) in [4.78, 5) is 0. The number of aryl methyl sites for hydroxylation is 1. The molecule has 13 heavy (non-hydrogen) atoms. The van der Waals surface area contributed by atoms with Gasteiger partial charge in [-0.25, -0.2) is 0 Å². The minimum atomic E-state index is 0.243. The molecule has 2 nitrogen and oxygen atoms in total. The van der Waals surface area contributed by atoms with Crippen LogP contribution >= 0.6 is 11.3 Å². The summed E-state index contributed by atoms with van der Waals surface area (Å²) in [6.45, 7) is 2.11. The molecule has 0 fully saturated rings. The van der Waals surface area contributed by atoms with Crippen LogP contribution in [0.1, 0.15) is 5.56 Å². The fraction of sp³-hybridized carbons (Fsp3) is 0.111. The topological polar surface area (TPSA) is 25.8 Å². The third-order valence-corrected chi connectivity index (χ3v) is 5.01. The number of hydrogen-bond donors (Lipinski definition) is 0. The standard InChI is InChI=1S/C9H6N2SSe/c1-5-2-3-7-6(4-5)8-9(12-7)13-11-10-8/h2-4H,1H3. The Kier molecular flexibility index (Phi) is 1.56. The third kappa shape index (κ3) is 1.06. The first-order valence-electron chi connectivity index (χ1n) is 3.96. The van der Waals surface area contributed by atoms with Gasteiger partial charge in [-0.2, -0.15) is 0 Å². The van der Waals surface area contributed by atoms with E-state index >= 15 is 0 Å². The molecule has 1 aromatic carbocycles. The first-order valence-corrected chi connectivity index (χ1v) is 6.40. The van der Waals surface area contributed by atoms with E-state index in [4.69, 9.17) is 0 Å². The van der Waals surface area contributed by atoms with Crippen molar-refractivity contribution >= 4 is 45.2 Å². The minimum absolute atomic E-state index is 0.243. The molecule has 0 N–H and O–H groups in total. The number of aromatic nitrogens is 2. The van der Waals surface area contributed by atoms with E-state index in [1.165, 1.54) is 19.2 Å². The average Bonchev–Trinajstić information content (AvgIpc) is 2.64. The van der Waals surface area contributed by atoms with E-state index in [1.807, 2.05) is 11.3 Å². The normalized spacial score (nSPS) is 11.5. The molecule has 0 saturated heterocycles. The molecule has 4 heteroatoms. The van der Waals surface area contributed by atoms with Gasteiger partial charge in [-0.05, 0) is 0 Å². The zero-order valence-corrected chi connectivity index (χ0v) is 9.47. The fourth-order valence-electron chi connectivity index (χ4n) is 1.43. The summed E-state index contributed by atoms with van der Waals surface area (Å²) in [7, 11) is 0. The Balaban J connectivity index is 2.61. The Labute approximate surface area is 85.2 Å². The van der Waals surface area contributed by atoms with Gasteiger partial charge in [0.15, 0.2) is 0 Å². The molecule has 0 unspecified atom stereocenters. The quantitative estimate of drug-likeness (QED) is 0.574. The van der Waals surface area contributed by atoms with Gasteiger partial charge in [-0.3, -0.25) is 0 Å². The van der Waals surface area contributed by atoms with Gasteiger partial charge in [0.2, 0.25) is 0 Å². The maximum absolute atomic E-state index is 4.19. The summed E-state index contributed by atoms with van der Waals surface area (Å²) in [6.07, 6.45) is 0. The molecule has 0 amide bonds. The van der Waals surface area contributed by atoms with E-state index in [0.717, 1.165) is 5.52 Å². The van der Waals surface area contributed by atoms with Gasteiger partial charge < -0.3 is 0 Å². The van der Waals surface area contributed by atoms with Crippen LogP contribution < -0.4 is 0 Å². The van der Waals surface area contributed by atoms with E-state index in [1.54, 1.807) is 0 Å². The second-order valence-corrected chi connectivity index (χ2v) is 6.23. The van der Waals surface area contributed by atoms with Crippen molar-refractivity contribution in [3.63, 3.8) is 0 Å². The fourth-order valence-corrected chi connectivity index (χ4v) is 4.20. The first kappa shape index (κ1) is 7.68. The van der Waals surface area contributed by atoms with E-state index in [-0.39, 0.29) is 14.7 Å². The Bertz CT molecular complexity index is 581. The molecule has 3 aromatic rings. The zero-order valence-electron chi connectivity index (χ0n) is 6.94. The van der Waals surface area contributed by atoms with E-state index in [9.17, 15) is 0 Å². The van der Waals surface area contributed by atoms with Crippen LogP contribution in [0, 0.1) is 6.92 Å². The Hall–Kier alpha value is -0.701.